The van der Waals surface area contributed by atoms with Crippen molar-refractivity contribution in [2.24, 2.45) is 5.92 Å². The van der Waals surface area contributed by atoms with Crippen LogP contribution in [0.2, 0.25) is 36.3 Å². The van der Waals surface area contributed by atoms with Gasteiger partial charge in [0, 0.05) is 23.3 Å². The Balaban J connectivity index is 1.86. The molecule has 0 bridgehead atoms. The van der Waals surface area contributed by atoms with Gasteiger partial charge >= 0.3 is 5.97 Å². The van der Waals surface area contributed by atoms with E-state index in [1.54, 1.807) is 0 Å². The quantitative estimate of drug-likeness (QED) is 0.0684. The largest absolute Gasteiger partial charge is 0.488 e. The first-order valence-electron chi connectivity index (χ1n) is 21.1. The van der Waals surface area contributed by atoms with Crippen LogP contribution in [0.15, 0.2) is 47.1 Å². The number of fused-ring (bicyclic) bond motifs is 1. The molecule has 4 rings (SSSR count). The fraction of sp³-hybridized carbons (Fsp3) is 0.674. The highest BCUT2D eigenvalue weighted by atomic mass is 28.4. The van der Waals surface area contributed by atoms with E-state index in [-0.39, 0.29) is 35.1 Å². The molecule has 1 aliphatic rings. The number of esters is 1. The van der Waals surface area contributed by atoms with Crippen molar-refractivity contribution >= 4 is 33.6 Å². The number of hydrogen-bond acceptors (Lipinski definition) is 8. The van der Waals surface area contributed by atoms with Gasteiger partial charge < -0.3 is 32.6 Å². The number of furan rings is 1. The molecule has 0 aliphatic carbocycles. The summed E-state index contributed by atoms with van der Waals surface area (Å²) in [5.74, 6) is 0.488. The van der Waals surface area contributed by atoms with Gasteiger partial charge in [0.15, 0.2) is 16.6 Å². The average molecular weight is 811 g/mol. The number of carbonyl (C=O) groups excluding carboxylic acids is 1. The van der Waals surface area contributed by atoms with Crippen LogP contribution in [-0.2, 0) is 42.8 Å². The van der Waals surface area contributed by atoms with Crippen molar-refractivity contribution in [1.82, 2.24) is 0 Å². The van der Waals surface area contributed by atoms with Crippen LogP contribution in [0.1, 0.15) is 130 Å². The van der Waals surface area contributed by atoms with Crippen LogP contribution in [0.4, 0.5) is 0 Å². The zero-order valence-corrected chi connectivity index (χ0v) is 39.4. The van der Waals surface area contributed by atoms with Crippen molar-refractivity contribution in [3.8, 4) is 5.75 Å². The fourth-order valence-corrected chi connectivity index (χ4v) is 9.48. The van der Waals surface area contributed by atoms with Crippen molar-refractivity contribution in [3.63, 3.8) is 0 Å². The first-order chi connectivity index (χ1) is 26.0. The molecule has 1 fully saturated rings. The third-order valence-electron chi connectivity index (χ3n) is 12.6. The van der Waals surface area contributed by atoms with Gasteiger partial charge in [-0.25, -0.2) is 4.79 Å². The van der Waals surface area contributed by atoms with Crippen LogP contribution in [0.3, 0.4) is 0 Å². The predicted octanol–water partition coefficient (Wildman–Crippen LogP) is 11.9. The van der Waals surface area contributed by atoms with Crippen LogP contribution in [0, 0.1) is 5.92 Å². The maximum atomic E-state index is 13.8. The summed E-state index contributed by atoms with van der Waals surface area (Å²) < 4.78 is 39.3. The zero-order chi connectivity index (χ0) is 41.9. The molecule has 1 saturated heterocycles. The molecular formula is C46H74O8Si2. The monoisotopic (exact) mass is 810 g/mol. The predicted molar refractivity (Wildman–Crippen MR) is 232 cm³/mol. The second-order valence-electron chi connectivity index (χ2n) is 19.4. The van der Waals surface area contributed by atoms with E-state index in [1.807, 2.05) is 38.3 Å². The Labute approximate surface area is 340 Å². The second-order valence-corrected chi connectivity index (χ2v) is 29.0. The van der Waals surface area contributed by atoms with Gasteiger partial charge in [-0.2, -0.15) is 0 Å². The molecule has 3 aromatic rings. The molecule has 2 heterocycles. The Morgan fingerprint density at radius 3 is 2.12 bits per heavy atom. The first-order valence-corrected chi connectivity index (χ1v) is 26.9. The van der Waals surface area contributed by atoms with E-state index in [0.717, 1.165) is 51.8 Å². The standard InChI is InChI=1S/C46H74O8Si2/c1-16-22-34(38(47)27-40(54-56(14,15)45(9,10)11)46(39(17-2)53-46)43(48)49-18-3)36-29-51-42-35(36)26-33(25-31(4)5)41(50-28-32-23-20-19-21-24-32)37(42)30-52-55(12,13)44(6,7)8/h19-21,23-24,26,29,31,34,38-40,47H,16-18,22,25,27-28,30H2,1-15H3/t34-,38-,39+,40-,46-/m1/s1. The Kier molecular flexibility index (Phi) is 15.0. The lowest BCUT2D eigenvalue weighted by Crippen LogP contribution is -2.53. The molecule has 0 saturated carbocycles. The Bertz CT molecular complexity index is 1740. The molecule has 2 aromatic carbocycles. The number of hydrogen-bond donors (Lipinski definition) is 1. The zero-order valence-electron chi connectivity index (χ0n) is 37.4. The van der Waals surface area contributed by atoms with Crippen LogP contribution in [0.25, 0.3) is 11.0 Å². The lowest BCUT2D eigenvalue weighted by molar-refractivity contribution is -0.154. The molecule has 1 aromatic heterocycles. The minimum absolute atomic E-state index is 0.0172. The number of carbonyl (C=O) groups is 1. The molecule has 0 unspecified atom stereocenters. The van der Waals surface area contributed by atoms with Crippen molar-refractivity contribution in [1.29, 1.82) is 0 Å². The summed E-state index contributed by atoms with van der Waals surface area (Å²) in [6, 6.07) is 12.5. The molecule has 5 atom stereocenters. The number of aliphatic hydroxyl groups is 1. The number of epoxide rings is 1. The third kappa shape index (κ3) is 10.2. The number of ether oxygens (including phenoxy) is 3. The topological polar surface area (TPSA) is 99.9 Å². The van der Waals surface area contributed by atoms with Crippen LogP contribution in [0.5, 0.6) is 5.75 Å². The summed E-state index contributed by atoms with van der Waals surface area (Å²) in [5.41, 5.74) is 3.53. The summed E-state index contributed by atoms with van der Waals surface area (Å²) >= 11 is 0. The maximum absolute atomic E-state index is 13.8. The van der Waals surface area contributed by atoms with E-state index in [1.165, 1.54) is 0 Å². The lowest BCUT2D eigenvalue weighted by Gasteiger charge is -2.41. The molecule has 0 amide bonds. The highest BCUT2D eigenvalue weighted by molar-refractivity contribution is 6.74. The summed E-state index contributed by atoms with van der Waals surface area (Å²) in [4.78, 5) is 13.8. The van der Waals surface area contributed by atoms with Crippen LogP contribution < -0.4 is 4.74 Å². The summed E-state index contributed by atoms with van der Waals surface area (Å²) in [6.07, 6.45) is 3.19. The van der Waals surface area contributed by atoms with E-state index in [0.29, 0.717) is 32.0 Å². The smallest absolute Gasteiger partial charge is 0.343 e. The Hall–Kier alpha value is -2.48. The van der Waals surface area contributed by atoms with E-state index >= 15 is 0 Å². The van der Waals surface area contributed by atoms with Gasteiger partial charge in [0.2, 0.25) is 5.60 Å². The first kappa shape index (κ1) is 46.2. The highest BCUT2D eigenvalue weighted by Crippen LogP contribution is 2.50. The van der Waals surface area contributed by atoms with E-state index in [2.05, 4.69) is 107 Å². The highest BCUT2D eigenvalue weighted by Gasteiger charge is 2.69. The second kappa shape index (κ2) is 18.2. The van der Waals surface area contributed by atoms with Crippen LogP contribution >= 0.6 is 0 Å². The molecule has 0 radical (unpaired) electrons. The SMILES string of the molecule is CCC[C@H](c1coc2c(CO[Si](C)(C)C(C)(C)C)c(OCc3ccccc3)c(CC(C)C)cc12)[C@H](O)C[C@@H](O[Si](C)(C)C(C)(C)C)[C@]1(C(=O)OCC)O[C@H]1CC. The van der Waals surface area contributed by atoms with Gasteiger partial charge in [0.05, 0.1) is 37.2 Å². The number of benzene rings is 2. The lowest BCUT2D eigenvalue weighted by atomic mass is 9.83. The Morgan fingerprint density at radius 1 is 0.946 bits per heavy atom. The van der Waals surface area contributed by atoms with Gasteiger partial charge in [0.25, 0.3) is 0 Å². The maximum Gasteiger partial charge on any atom is 0.343 e. The van der Waals surface area contributed by atoms with Gasteiger partial charge in [-0.3, -0.25) is 0 Å². The van der Waals surface area contributed by atoms with Gasteiger partial charge in [-0.05, 0) is 85.6 Å². The van der Waals surface area contributed by atoms with E-state index in [4.69, 9.17) is 27.5 Å². The molecule has 0 spiro atoms. The fourth-order valence-electron chi connectivity index (χ4n) is 7.21. The average Bonchev–Trinajstić information content (AvgIpc) is 3.72. The van der Waals surface area contributed by atoms with Gasteiger partial charge in [-0.15, -0.1) is 0 Å². The number of rotatable bonds is 20. The molecule has 314 valence electrons. The molecule has 8 nitrogen and oxygen atoms in total. The van der Waals surface area contributed by atoms with Gasteiger partial charge in [0.1, 0.15) is 24.0 Å². The third-order valence-corrected chi connectivity index (χ3v) is 21.6. The van der Waals surface area contributed by atoms with Crippen molar-refractivity contribution in [2.45, 2.75) is 188 Å². The van der Waals surface area contributed by atoms with Crippen molar-refractivity contribution in [2.75, 3.05) is 6.61 Å². The summed E-state index contributed by atoms with van der Waals surface area (Å²) in [6.45, 7) is 33.7. The molecular weight excluding hydrogens is 737 g/mol. The van der Waals surface area contributed by atoms with Gasteiger partial charge in [-0.1, -0.05) is 106 Å². The molecule has 1 N–H and O–H groups in total. The number of aliphatic hydroxyl groups excluding tert-OH is 1. The normalized spacial score (nSPS) is 19.6. The minimum atomic E-state index is -2.43. The molecule has 1 aliphatic heterocycles. The van der Waals surface area contributed by atoms with Crippen molar-refractivity contribution in [3.05, 3.63) is 64.9 Å². The Morgan fingerprint density at radius 2 is 1.59 bits per heavy atom. The van der Waals surface area contributed by atoms with Crippen LogP contribution in [-0.4, -0.2) is 58.2 Å². The summed E-state index contributed by atoms with van der Waals surface area (Å²) in [5, 5.41) is 13.4. The minimum Gasteiger partial charge on any atom is -0.488 e. The summed E-state index contributed by atoms with van der Waals surface area (Å²) in [7, 11) is -4.59. The molecule has 56 heavy (non-hydrogen) atoms. The van der Waals surface area contributed by atoms with E-state index in [9.17, 15) is 9.90 Å². The molecule has 10 heteroatoms. The van der Waals surface area contributed by atoms with Crippen molar-refractivity contribution < 1.29 is 37.4 Å². The van der Waals surface area contributed by atoms with E-state index < -0.39 is 40.4 Å².